The van der Waals surface area contributed by atoms with E-state index in [0.29, 0.717) is 5.95 Å². The van der Waals surface area contributed by atoms with Crippen LogP contribution in [0.2, 0.25) is 5.28 Å². The van der Waals surface area contributed by atoms with Crippen LogP contribution in [0.15, 0.2) is 385 Å². The van der Waals surface area contributed by atoms with Gasteiger partial charge in [-0.05, 0) is 179 Å². The lowest BCUT2D eigenvalue weighted by Crippen LogP contribution is -2.03. The number of aromatic nitrogens is 10. The third-order valence-corrected chi connectivity index (χ3v) is 22.2. The van der Waals surface area contributed by atoms with E-state index in [-0.39, 0.29) is 5.28 Å². The molecule has 540 valence electrons. The zero-order valence-electron chi connectivity index (χ0n) is 61.5. The van der Waals surface area contributed by atoms with E-state index in [2.05, 4.69) is 299 Å². The molecule has 10 heterocycles. The molecule has 0 spiro atoms. The molecule has 24 aromatic rings. The molecule has 0 aliphatic rings. The van der Waals surface area contributed by atoms with E-state index in [4.69, 9.17) is 30.4 Å². The van der Waals surface area contributed by atoms with Crippen LogP contribution in [0.4, 0.5) is 0 Å². The number of nitrogens with one attached hydrogen (secondary N) is 1. The summed E-state index contributed by atoms with van der Waals surface area (Å²) in [4.78, 5) is 31.8. The summed E-state index contributed by atoms with van der Waals surface area (Å²) >= 11 is 6.03. The Balaban J connectivity index is 0.000000119. The van der Waals surface area contributed by atoms with Crippen LogP contribution < -0.4 is 0 Å². The molecule has 0 saturated carbocycles. The van der Waals surface area contributed by atoms with Gasteiger partial charge in [0.25, 0.3) is 0 Å². The Bertz CT molecular complexity index is 7820. The first-order chi connectivity index (χ1) is 56.9. The summed E-state index contributed by atoms with van der Waals surface area (Å²) in [7, 11) is 0. The molecule has 0 aliphatic heterocycles. The van der Waals surface area contributed by atoms with Gasteiger partial charge in [0.1, 0.15) is 22.2 Å². The number of pyridine rings is 2. The average Bonchev–Trinajstić information content (AvgIpc) is 1.60. The van der Waals surface area contributed by atoms with Gasteiger partial charge in [0.2, 0.25) is 11.2 Å². The first-order valence-electron chi connectivity index (χ1n) is 38.2. The number of rotatable bonds is 9. The van der Waals surface area contributed by atoms with Crippen molar-refractivity contribution in [3.63, 3.8) is 0 Å². The molecule has 115 heavy (non-hydrogen) atoms. The van der Waals surface area contributed by atoms with Gasteiger partial charge < -0.3 is 23.0 Å². The number of aromatic amines is 1. The maximum absolute atomic E-state index is 6.12. The van der Waals surface area contributed by atoms with Crippen molar-refractivity contribution in [2.75, 3.05) is 0 Å². The second kappa shape index (κ2) is 27.6. The molecule has 0 unspecified atom stereocenters. The van der Waals surface area contributed by atoms with Gasteiger partial charge in [-0.25, -0.2) is 19.9 Å². The molecule has 0 amide bonds. The summed E-state index contributed by atoms with van der Waals surface area (Å²) in [5.74, 6) is 0.640. The highest BCUT2D eigenvalue weighted by Crippen LogP contribution is 2.43. The van der Waals surface area contributed by atoms with Gasteiger partial charge in [-0.15, -0.1) is 0 Å². The first-order valence-corrected chi connectivity index (χ1v) is 38.6. The SMILES string of the molecule is Clc1nc(-c2ccccc2)cc(-c2ccccc2)n1.c1ccc(-c2cc(-c3ccccc3)nc(-n3c4ccccc4c4cc(-c5ccc6c(c5)c5ccccc5n6-c5ccc6oc7cccnc7c6c5)ccc43)n2)cc1.c1ccc2c(c1)[nH]c1ccc(-c3ccc4c(c3)c3ccccc3n4-c3ccc4oc5cccnc5c4c3)cc12. The van der Waals surface area contributed by atoms with E-state index in [0.717, 1.165) is 150 Å². The molecule has 0 saturated heterocycles. The van der Waals surface area contributed by atoms with Crippen LogP contribution in [0, 0.1) is 0 Å². The minimum atomic E-state index is 0.264. The molecule has 0 bridgehead atoms. The molecule has 14 aromatic carbocycles. The van der Waals surface area contributed by atoms with Gasteiger partial charge in [0.15, 0.2) is 11.2 Å². The average molecular weight is 1500 g/mol. The highest BCUT2D eigenvalue weighted by Gasteiger charge is 2.22. The van der Waals surface area contributed by atoms with Gasteiger partial charge in [-0.2, -0.15) is 0 Å². The second-order valence-electron chi connectivity index (χ2n) is 28.8. The third kappa shape index (κ3) is 11.7. The monoisotopic (exact) mass is 1490 g/mol. The van der Waals surface area contributed by atoms with Gasteiger partial charge in [0, 0.05) is 111 Å². The van der Waals surface area contributed by atoms with Crippen LogP contribution in [0.25, 0.3) is 216 Å². The van der Waals surface area contributed by atoms with Crippen LogP contribution in [-0.2, 0) is 0 Å². The van der Waals surface area contributed by atoms with Crippen LogP contribution in [0.3, 0.4) is 0 Å². The summed E-state index contributed by atoms with van der Waals surface area (Å²) < 4.78 is 19.1. The van der Waals surface area contributed by atoms with Crippen molar-refractivity contribution in [1.82, 2.24) is 48.6 Å². The van der Waals surface area contributed by atoms with Crippen LogP contribution in [-0.4, -0.2) is 48.6 Å². The molecule has 0 aliphatic carbocycles. The summed E-state index contributed by atoms with van der Waals surface area (Å²) in [6.07, 6.45) is 3.64. The third-order valence-electron chi connectivity index (χ3n) is 22.0. The molecule has 0 fully saturated rings. The summed E-state index contributed by atoms with van der Waals surface area (Å²) in [5.41, 5.74) is 28.6. The van der Waals surface area contributed by atoms with E-state index in [1.807, 2.05) is 116 Å². The maximum Gasteiger partial charge on any atom is 0.235 e. The molecular formula is C102H63ClN10O2. The van der Waals surface area contributed by atoms with E-state index in [1.54, 1.807) is 0 Å². The molecule has 10 aromatic heterocycles. The maximum atomic E-state index is 6.12. The van der Waals surface area contributed by atoms with Crippen molar-refractivity contribution in [1.29, 1.82) is 0 Å². The molecule has 0 atom stereocenters. The quantitative estimate of drug-likeness (QED) is 0.141. The number of fused-ring (bicyclic) bond motifs is 18. The lowest BCUT2D eigenvalue weighted by Gasteiger charge is -2.12. The van der Waals surface area contributed by atoms with Crippen molar-refractivity contribution < 1.29 is 8.83 Å². The number of H-pyrrole nitrogens is 1. The van der Waals surface area contributed by atoms with Crippen LogP contribution >= 0.6 is 11.6 Å². The Kier molecular flexibility index (Phi) is 16.0. The number of hydrogen-bond acceptors (Lipinski definition) is 8. The molecular weight excluding hydrogens is 1430 g/mol. The van der Waals surface area contributed by atoms with Crippen molar-refractivity contribution >= 4 is 143 Å². The fourth-order valence-corrected chi connectivity index (χ4v) is 16.9. The molecule has 12 nitrogen and oxygen atoms in total. The Morgan fingerprint density at radius 3 is 1.03 bits per heavy atom. The van der Waals surface area contributed by atoms with Gasteiger partial charge >= 0.3 is 0 Å². The predicted molar refractivity (Wildman–Crippen MR) is 471 cm³/mol. The Hall–Kier alpha value is -15.4. The van der Waals surface area contributed by atoms with Crippen LogP contribution in [0.5, 0.6) is 0 Å². The van der Waals surface area contributed by atoms with E-state index in [9.17, 15) is 0 Å². The summed E-state index contributed by atoms with van der Waals surface area (Å²) in [6.45, 7) is 0. The number of nitrogens with zero attached hydrogens (tertiary/aromatic N) is 9. The number of para-hydroxylation sites is 4. The molecule has 1 N–H and O–H groups in total. The van der Waals surface area contributed by atoms with E-state index < -0.39 is 0 Å². The Morgan fingerprint density at radius 1 is 0.235 bits per heavy atom. The topological polar surface area (TPSA) is 134 Å². The molecule has 0 radical (unpaired) electrons. The summed E-state index contributed by atoms with van der Waals surface area (Å²) in [6, 6.07) is 127. The van der Waals surface area contributed by atoms with Gasteiger partial charge in [-0.1, -0.05) is 218 Å². The van der Waals surface area contributed by atoms with Crippen molar-refractivity contribution in [2.24, 2.45) is 0 Å². The van der Waals surface area contributed by atoms with Gasteiger partial charge in [-0.3, -0.25) is 14.5 Å². The lowest BCUT2D eigenvalue weighted by atomic mass is 10.0. The summed E-state index contributed by atoms with van der Waals surface area (Å²) in [5, 5.41) is 12.0. The Morgan fingerprint density at radius 2 is 0.583 bits per heavy atom. The number of furan rings is 2. The molecule has 24 rings (SSSR count). The number of benzene rings is 14. The van der Waals surface area contributed by atoms with E-state index >= 15 is 0 Å². The lowest BCUT2D eigenvalue weighted by molar-refractivity contribution is 0.667. The Labute approximate surface area is 662 Å². The van der Waals surface area contributed by atoms with Crippen molar-refractivity contribution in [3.05, 3.63) is 382 Å². The van der Waals surface area contributed by atoms with E-state index in [1.165, 1.54) is 60.0 Å². The van der Waals surface area contributed by atoms with Gasteiger partial charge in [0.05, 0.1) is 55.9 Å². The standard InChI is InChI=1S/C51H31N5O.C35H21N3O.C16H11ClN2/c1-3-12-32(13-4-1)42-31-43(33-14-5-2-6-15-33)54-51(53-42)56-45-19-10-8-17-38(45)40-29-35(22-25-47(40)56)34-21-24-46-39(28-34)37-16-7-9-18-44(37)55(46)36-23-26-48-41(30-36)50-49(57-48)20-11-27-52-50;1-3-8-29-24(6-1)26-18-21(11-14-30(26)37-29)22-12-15-32-27(19-22)25-7-2-4-9-31(25)38(32)23-13-16-33-28(20-23)35-34(39-33)10-5-17-36-35;17-16-18-14(12-7-3-1-4-8-12)11-15(19-16)13-9-5-2-6-10-13/h1-31H;1-20,37H;1-11H. The van der Waals surface area contributed by atoms with Crippen molar-refractivity contribution in [3.8, 4) is 84.6 Å². The fraction of sp³-hybridized carbons (Fsp3) is 0. The first kappa shape index (κ1) is 66.6. The zero-order chi connectivity index (χ0) is 76.0. The normalized spacial score (nSPS) is 11.7. The highest BCUT2D eigenvalue weighted by atomic mass is 35.5. The zero-order valence-corrected chi connectivity index (χ0v) is 62.3. The molecule has 13 heteroatoms. The number of hydrogen-bond donors (Lipinski definition) is 1. The minimum absolute atomic E-state index is 0.264. The number of halogens is 1. The predicted octanol–water partition coefficient (Wildman–Crippen LogP) is 26.8. The fourth-order valence-electron chi connectivity index (χ4n) is 16.7. The minimum Gasteiger partial charge on any atom is -0.454 e. The smallest absolute Gasteiger partial charge is 0.235 e. The second-order valence-corrected chi connectivity index (χ2v) is 29.1. The van der Waals surface area contributed by atoms with Crippen LogP contribution in [0.1, 0.15) is 0 Å². The highest BCUT2D eigenvalue weighted by molar-refractivity contribution is 6.28. The van der Waals surface area contributed by atoms with Crippen molar-refractivity contribution in [2.45, 2.75) is 0 Å². The largest absolute Gasteiger partial charge is 0.454 e.